The summed E-state index contributed by atoms with van der Waals surface area (Å²) in [6, 6.07) is 0. The van der Waals surface area contributed by atoms with Crippen molar-refractivity contribution in [3.8, 4) is 0 Å². The maximum Gasteiger partial charge on any atom is 0.115 e. The highest BCUT2D eigenvalue weighted by molar-refractivity contribution is 5.80. The van der Waals surface area contributed by atoms with E-state index in [4.69, 9.17) is 4.74 Å². The normalized spacial score (nSPS) is 23.6. The first kappa shape index (κ1) is 13.3. The van der Waals surface area contributed by atoms with Crippen LogP contribution in [-0.4, -0.2) is 12.6 Å². The molecule has 3 heteroatoms. The third kappa shape index (κ3) is 3.89. The third-order valence-corrected chi connectivity index (χ3v) is 3.19. The summed E-state index contributed by atoms with van der Waals surface area (Å²) in [7, 11) is 0. The molecule has 0 bridgehead atoms. The summed E-state index contributed by atoms with van der Waals surface area (Å²) < 4.78 is 5.49. The number of nitrogens with zero attached hydrogens (tertiary/aromatic N) is 2. The minimum atomic E-state index is 0.220. The molecule has 3 nitrogen and oxygen atoms in total. The van der Waals surface area contributed by atoms with Crippen molar-refractivity contribution in [2.75, 3.05) is 0 Å². The van der Waals surface area contributed by atoms with Crippen LogP contribution in [0.15, 0.2) is 94.0 Å². The highest BCUT2D eigenvalue weighted by Gasteiger charge is 2.19. The van der Waals surface area contributed by atoms with Crippen LogP contribution in [0.2, 0.25) is 0 Å². The van der Waals surface area contributed by atoms with E-state index in [0.717, 1.165) is 17.9 Å². The summed E-state index contributed by atoms with van der Waals surface area (Å²) >= 11 is 0. The van der Waals surface area contributed by atoms with Gasteiger partial charge in [-0.3, -0.25) is 0 Å². The van der Waals surface area contributed by atoms with E-state index in [1.54, 1.807) is 18.8 Å². The van der Waals surface area contributed by atoms with Gasteiger partial charge in [0.25, 0.3) is 0 Å². The van der Waals surface area contributed by atoms with Gasteiger partial charge in [-0.15, -0.1) is 0 Å². The second-order valence-electron chi connectivity index (χ2n) is 4.75. The van der Waals surface area contributed by atoms with Gasteiger partial charge in [0, 0.05) is 18.6 Å². The van der Waals surface area contributed by atoms with E-state index in [1.165, 1.54) is 5.57 Å². The summed E-state index contributed by atoms with van der Waals surface area (Å²) in [5.41, 5.74) is 2.24. The van der Waals surface area contributed by atoms with E-state index >= 15 is 0 Å². The smallest absolute Gasteiger partial charge is 0.115 e. The van der Waals surface area contributed by atoms with Crippen LogP contribution in [0.5, 0.6) is 0 Å². The van der Waals surface area contributed by atoms with Crippen LogP contribution in [-0.2, 0) is 4.74 Å². The van der Waals surface area contributed by atoms with Gasteiger partial charge in [0.15, 0.2) is 0 Å². The fourth-order valence-corrected chi connectivity index (χ4v) is 2.00. The minimum absolute atomic E-state index is 0.220. The molecule has 0 N–H and O–H groups in total. The quantitative estimate of drug-likeness (QED) is 0.657. The number of fused-ring (bicyclic) bond motifs is 1. The van der Waals surface area contributed by atoms with Crippen molar-refractivity contribution >= 4 is 12.6 Å². The molecule has 1 aliphatic heterocycles. The molecular formula is C18H16N2O. The van der Waals surface area contributed by atoms with E-state index < -0.39 is 0 Å². The molecule has 104 valence electrons. The van der Waals surface area contributed by atoms with E-state index in [-0.39, 0.29) is 5.92 Å². The fraction of sp³-hybridized carbons (Fsp3) is 0.111. The van der Waals surface area contributed by atoms with Gasteiger partial charge in [-0.25, -0.2) is 9.98 Å². The molecule has 0 aromatic rings. The van der Waals surface area contributed by atoms with E-state index in [1.807, 2.05) is 42.5 Å². The Hall–Kier alpha value is -2.68. The van der Waals surface area contributed by atoms with Crippen LogP contribution in [0, 0.1) is 5.92 Å². The average molecular weight is 276 g/mol. The van der Waals surface area contributed by atoms with E-state index in [0.29, 0.717) is 0 Å². The van der Waals surface area contributed by atoms with Crippen LogP contribution < -0.4 is 0 Å². The van der Waals surface area contributed by atoms with Gasteiger partial charge in [0.2, 0.25) is 0 Å². The molecule has 1 unspecified atom stereocenters. The third-order valence-electron chi connectivity index (χ3n) is 3.19. The highest BCUT2D eigenvalue weighted by Crippen LogP contribution is 2.33. The SMILES string of the molecule is C1=CC=NC=NC2=CC=CC2C=CC=CC2=C(C2)OC=C1. The first-order chi connectivity index (χ1) is 10.4. The van der Waals surface area contributed by atoms with Crippen molar-refractivity contribution in [1.29, 1.82) is 0 Å². The summed E-state index contributed by atoms with van der Waals surface area (Å²) in [6.07, 6.45) is 25.9. The molecule has 0 aromatic heterocycles. The molecule has 0 fully saturated rings. The predicted molar refractivity (Wildman–Crippen MR) is 87.0 cm³/mol. The van der Waals surface area contributed by atoms with Gasteiger partial charge in [0.05, 0.1) is 12.0 Å². The molecule has 0 spiro atoms. The molecule has 21 heavy (non-hydrogen) atoms. The lowest BCUT2D eigenvalue weighted by Gasteiger charge is -2.01. The Bertz CT molecular complexity index is 667. The second kappa shape index (κ2) is 6.66. The summed E-state index contributed by atoms with van der Waals surface area (Å²) in [4.78, 5) is 8.48. The van der Waals surface area contributed by atoms with Crippen molar-refractivity contribution in [1.82, 2.24) is 0 Å². The van der Waals surface area contributed by atoms with Crippen molar-refractivity contribution in [2.45, 2.75) is 6.42 Å². The number of rotatable bonds is 0. The number of hydrogen-bond donors (Lipinski definition) is 0. The lowest BCUT2D eigenvalue weighted by atomic mass is 10.1. The van der Waals surface area contributed by atoms with Crippen molar-refractivity contribution in [3.63, 3.8) is 0 Å². The summed E-state index contributed by atoms with van der Waals surface area (Å²) in [5, 5.41) is 0. The molecule has 0 amide bonds. The van der Waals surface area contributed by atoms with E-state index in [2.05, 4.69) is 28.2 Å². The van der Waals surface area contributed by atoms with Gasteiger partial charge >= 0.3 is 0 Å². The fourth-order valence-electron chi connectivity index (χ4n) is 2.00. The highest BCUT2D eigenvalue weighted by atomic mass is 16.5. The molecule has 2 aliphatic carbocycles. The molecule has 0 saturated heterocycles. The largest absolute Gasteiger partial charge is 0.469 e. The average Bonchev–Trinajstić information content (AvgIpc) is 3.08. The van der Waals surface area contributed by atoms with Gasteiger partial charge in [-0.2, -0.15) is 0 Å². The Morgan fingerprint density at radius 2 is 1.95 bits per heavy atom. The molecule has 0 aromatic carbocycles. The van der Waals surface area contributed by atoms with Crippen LogP contribution in [0.1, 0.15) is 6.42 Å². The zero-order valence-corrected chi connectivity index (χ0v) is 11.6. The van der Waals surface area contributed by atoms with Crippen LogP contribution >= 0.6 is 0 Å². The van der Waals surface area contributed by atoms with Gasteiger partial charge in [-0.05, 0) is 23.8 Å². The topological polar surface area (TPSA) is 34.0 Å². The number of ether oxygens (including phenoxy) is 1. The van der Waals surface area contributed by atoms with Crippen LogP contribution in [0.3, 0.4) is 0 Å². The number of hydrogen-bond acceptors (Lipinski definition) is 3. The Kier molecular flexibility index (Phi) is 4.22. The van der Waals surface area contributed by atoms with Crippen LogP contribution in [0.25, 0.3) is 0 Å². The zero-order chi connectivity index (χ0) is 14.3. The second-order valence-corrected chi connectivity index (χ2v) is 4.75. The molecule has 0 saturated carbocycles. The van der Waals surface area contributed by atoms with Gasteiger partial charge in [0.1, 0.15) is 12.1 Å². The summed E-state index contributed by atoms with van der Waals surface area (Å²) in [6.45, 7) is 0. The minimum Gasteiger partial charge on any atom is -0.469 e. The molecule has 3 rings (SSSR count). The van der Waals surface area contributed by atoms with Crippen LogP contribution in [0.4, 0.5) is 0 Å². The van der Waals surface area contributed by atoms with Gasteiger partial charge in [-0.1, -0.05) is 42.5 Å². The maximum atomic E-state index is 5.49. The molecule has 3 aliphatic rings. The first-order valence-electron chi connectivity index (χ1n) is 6.93. The van der Waals surface area contributed by atoms with E-state index in [9.17, 15) is 0 Å². The van der Waals surface area contributed by atoms with Gasteiger partial charge < -0.3 is 4.74 Å². The molecule has 1 heterocycles. The zero-order valence-electron chi connectivity index (χ0n) is 11.6. The molecule has 0 radical (unpaired) electrons. The maximum absolute atomic E-state index is 5.49. The predicted octanol–water partition coefficient (Wildman–Crippen LogP) is 4.03. The Labute approximate surface area is 124 Å². The first-order valence-corrected chi connectivity index (χ1v) is 6.93. The Morgan fingerprint density at radius 3 is 2.95 bits per heavy atom. The van der Waals surface area contributed by atoms with Crippen molar-refractivity contribution in [2.24, 2.45) is 15.9 Å². The number of aliphatic imine (C=N–C) groups is 2. The lowest BCUT2D eigenvalue weighted by Crippen LogP contribution is -1.91. The monoisotopic (exact) mass is 276 g/mol. The molecule has 1 atom stereocenters. The van der Waals surface area contributed by atoms with Crippen molar-refractivity contribution in [3.05, 3.63) is 84.1 Å². The summed E-state index contributed by atoms with van der Waals surface area (Å²) in [5.74, 6) is 1.25. The van der Waals surface area contributed by atoms with Crippen molar-refractivity contribution < 1.29 is 4.74 Å². The number of allylic oxidation sites excluding steroid dienone is 11. The lowest BCUT2D eigenvalue weighted by molar-refractivity contribution is 0.371. The molecular weight excluding hydrogens is 260 g/mol. The standard InChI is InChI=1S/C18H16N2O/c1-4-11-19-14-20-17-10-6-9-15(17)7-2-3-8-16-13-18(16)21-12-5-1/h1-12,14-15H,13H2. The Balaban J connectivity index is 1.76. The Morgan fingerprint density at radius 1 is 1.00 bits per heavy atom.